The molecule has 4 aromatic rings. The van der Waals surface area contributed by atoms with E-state index >= 15 is 0 Å². The second-order valence-electron chi connectivity index (χ2n) is 8.04. The van der Waals surface area contributed by atoms with Gasteiger partial charge in [0.05, 0.1) is 18.2 Å². The van der Waals surface area contributed by atoms with Crippen molar-refractivity contribution in [2.45, 2.75) is 30.9 Å². The first-order valence-electron chi connectivity index (χ1n) is 11.6. The van der Waals surface area contributed by atoms with Crippen LogP contribution in [0.4, 0.5) is 0 Å². The van der Waals surface area contributed by atoms with E-state index in [2.05, 4.69) is 16.3 Å². The van der Waals surface area contributed by atoms with E-state index in [0.29, 0.717) is 28.9 Å². The molecule has 0 aliphatic rings. The van der Waals surface area contributed by atoms with Crippen molar-refractivity contribution < 1.29 is 14.4 Å². The van der Waals surface area contributed by atoms with Gasteiger partial charge < -0.3 is 9.47 Å². The molecule has 0 saturated heterocycles. The fourth-order valence-electron chi connectivity index (χ4n) is 3.74. The predicted octanol–water partition coefficient (Wildman–Crippen LogP) is 5.54. The molecule has 1 aromatic heterocycles. The van der Waals surface area contributed by atoms with Gasteiger partial charge in [-0.2, -0.15) is 5.26 Å². The van der Waals surface area contributed by atoms with Gasteiger partial charge in [-0.15, -0.1) is 10.2 Å². The van der Waals surface area contributed by atoms with Crippen molar-refractivity contribution in [1.82, 2.24) is 14.8 Å². The maximum Gasteiger partial charge on any atom is 0.220 e. The van der Waals surface area contributed by atoms with E-state index in [1.807, 2.05) is 73.0 Å². The van der Waals surface area contributed by atoms with E-state index in [4.69, 9.17) is 9.47 Å². The molecule has 4 rings (SSSR count). The van der Waals surface area contributed by atoms with Crippen LogP contribution < -0.4 is 9.47 Å². The zero-order chi connectivity index (χ0) is 26.2. The van der Waals surface area contributed by atoms with E-state index < -0.39 is 5.25 Å². The third-order valence-electron chi connectivity index (χ3n) is 5.55. The number of hydrogen-bond acceptors (Lipinski definition) is 8. The van der Waals surface area contributed by atoms with Crippen molar-refractivity contribution in [3.8, 4) is 23.3 Å². The summed E-state index contributed by atoms with van der Waals surface area (Å²) in [7, 11) is 0. The second kappa shape index (κ2) is 12.1. The SMILES string of the molecule is CCOc1ccc(-n2c(C)nnc2S[C@@H](C[N+](=O)[O-])c2ccc(OCc3ccccc3C#N)cc2)cc1. The van der Waals surface area contributed by atoms with Gasteiger partial charge >= 0.3 is 0 Å². The minimum absolute atomic E-state index is 0.251. The quantitative estimate of drug-likeness (QED) is 0.145. The molecule has 37 heavy (non-hydrogen) atoms. The fraction of sp³-hybridized carbons (Fsp3) is 0.222. The van der Waals surface area contributed by atoms with E-state index in [0.717, 1.165) is 22.6 Å². The Morgan fingerprint density at radius 2 is 1.70 bits per heavy atom. The van der Waals surface area contributed by atoms with Gasteiger partial charge in [0, 0.05) is 16.2 Å². The van der Waals surface area contributed by atoms with Crippen LogP contribution in [0.25, 0.3) is 5.69 Å². The first-order valence-corrected chi connectivity index (χ1v) is 12.5. The molecule has 188 valence electrons. The Bertz CT molecular complexity index is 1400. The van der Waals surface area contributed by atoms with Gasteiger partial charge in [-0.1, -0.05) is 42.1 Å². The summed E-state index contributed by atoms with van der Waals surface area (Å²) < 4.78 is 13.2. The molecular weight excluding hydrogens is 490 g/mol. The molecule has 0 bridgehead atoms. The van der Waals surface area contributed by atoms with Crippen LogP contribution in [-0.2, 0) is 6.61 Å². The Balaban J connectivity index is 1.52. The normalized spacial score (nSPS) is 11.5. The summed E-state index contributed by atoms with van der Waals surface area (Å²) in [4.78, 5) is 11.2. The lowest BCUT2D eigenvalue weighted by Gasteiger charge is -2.15. The Kier molecular flexibility index (Phi) is 8.38. The van der Waals surface area contributed by atoms with Gasteiger partial charge in [-0.25, -0.2) is 0 Å². The molecular formula is C27H25N5O4S. The first-order chi connectivity index (χ1) is 18.0. The van der Waals surface area contributed by atoms with Crippen LogP contribution in [0, 0.1) is 28.4 Å². The lowest BCUT2D eigenvalue weighted by Crippen LogP contribution is -2.11. The molecule has 0 aliphatic carbocycles. The summed E-state index contributed by atoms with van der Waals surface area (Å²) in [5, 5.41) is 29.3. The van der Waals surface area contributed by atoms with Gasteiger partial charge in [0.25, 0.3) is 0 Å². The van der Waals surface area contributed by atoms with Gasteiger partial charge in [-0.3, -0.25) is 14.7 Å². The highest BCUT2D eigenvalue weighted by Gasteiger charge is 2.24. The summed E-state index contributed by atoms with van der Waals surface area (Å²) >= 11 is 1.29. The molecule has 0 aliphatic heterocycles. The Morgan fingerprint density at radius 3 is 2.38 bits per heavy atom. The van der Waals surface area contributed by atoms with Crippen molar-refractivity contribution in [2.75, 3.05) is 13.2 Å². The van der Waals surface area contributed by atoms with Crippen LogP contribution >= 0.6 is 11.8 Å². The minimum atomic E-state index is -0.492. The lowest BCUT2D eigenvalue weighted by molar-refractivity contribution is -0.479. The third kappa shape index (κ3) is 6.45. The lowest BCUT2D eigenvalue weighted by atomic mass is 10.1. The predicted molar refractivity (Wildman–Crippen MR) is 140 cm³/mol. The van der Waals surface area contributed by atoms with Gasteiger partial charge in [0.2, 0.25) is 6.54 Å². The topological polar surface area (TPSA) is 116 Å². The molecule has 10 heteroatoms. The Labute approximate surface area is 218 Å². The van der Waals surface area contributed by atoms with Crippen LogP contribution in [-0.4, -0.2) is 32.8 Å². The van der Waals surface area contributed by atoms with Crippen LogP contribution in [0.1, 0.15) is 34.7 Å². The molecule has 0 N–H and O–H groups in total. The zero-order valence-corrected chi connectivity index (χ0v) is 21.2. The molecule has 9 nitrogen and oxygen atoms in total. The average Bonchev–Trinajstić information content (AvgIpc) is 3.27. The molecule has 0 unspecified atom stereocenters. The van der Waals surface area contributed by atoms with Crippen LogP contribution in [0.15, 0.2) is 78.0 Å². The zero-order valence-electron chi connectivity index (χ0n) is 20.4. The second-order valence-corrected chi connectivity index (χ2v) is 9.21. The first kappa shape index (κ1) is 25.7. The number of aryl methyl sites for hydroxylation is 1. The molecule has 1 atom stereocenters. The number of benzene rings is 3. The molecule has 0 fully saturated rings. The number of rotatable bonds is 11. The van der Waals surface area contributed by atoms with Crippen molar-refractivity contribution >= 4 is 11.8 Å². The van der Waals surface area contributed by atoms with Crippen LogP contribution in [0.2, 0.25) is 0 Å². The number of nitrogens with zero attached hydrogens (tertiary/aromatic N) is 5. The van der Waals surface area contributed by atoms with Crippen LogP contribution in [0.3, 0.4) is 0 Å². The van der Waals surface area contributed by atoms with Crippen molar-refractivity contribution in [1.29, 1.82) is 5.26 Å². The highest BCUT2D eigenvalue weighted by molar-refractivity contribution is 7.99. The largest absolute Gasteiger partial charge is 0.494 e. The van der Waals surface area contributed by atoms with E-state index in [1.165, 1.54) is 11.8 Å². The number of aromatic nitrogens is 3. The highest BCUT2D eigenvalue weighted by Crippen LogP contribution is 2.36. The van der Waals surface area contributed by atoms with Gasteiger partial charge in [-0.05, 0) is 61.9 Å². The molecule has 0 saturated carbocycles. The summed E-state index contributed by atoms with van der Waals surface area (Å²) in [6, 6.07) is 24.2. The maximum atomic E-state index is 11.5. The van der Waals surface area contributed by atoms with E-state index in [9.17, 15) is 15.4 Å². The summed E-state index contributed by atoms with van der Waals surface area (Å²) in [6.45, 7) is 4.31. The molecule has 1 heterocycles. The summed E-state index contributed by atoms with van der Waals surface area (Å²) in [6.07, 6.45) is 0. The van der Waals surface area contributed by atoms with Crippen molar-refractivity contribution in [3.05, 3.63) is 105 Å². The number of thioether (sulfide) groups is 1. The van der Waals surface area contributed by atoms with Gasteiger partial charge in [0.1, 0.15) is 29.2 Å². The third-order valence-corrected chi connectivity index (χ3v) is 6.73. The highest BCUT2D eigenvalue weighted by atomic mass is 32.2. The van der Waals surface area contributed by atoms with Crippen molar-refractivity contribution in [3.63, 3.8) is 0 Å². The minimum Gasteiger partial charge on any atom is -0.494 e. The fourth-order valence-corrected chi connectivity index (χ4v) is 4.92. The average molecular weight is 516 g/mol. The van der Waals surface area contributed by atoms with Crippen molar-refractivity contribution in [2.24, 2.45) is 0 Å². The van der Waals surface area contributed by atoms with E-state index in [-0.39, 0.29) is 18.1 Å². The Morgan fingerprint density at radius 1 is 1.03 bits per heavy atom. The maximum absolute atomic E-state index is 11.5. The summed E-state index contributed by atoms with van der Waals surface area (Å²) in [5.41, 5.74) is 2.97. The Hall–Kier alpha value is -4.36. The van der Waals surface area contributed by atoms with Crippen LogP contribution in [0.5, 0.6) is 11.5 Å². The molecule has 0 amide bonds. The number of ether oxygens (including phenoxy) is 2. The smallest absolute Gasteiger partial charge is 0.220 e. The molecule has 0 radical (unpaired) electrons. The monoisotopic (exact) mass is 515 g/mol. The molecule has 3 aromatic carbocycles. The van der Waals surface area contributed by atoms with Gasteiger partial charge in [0.15, 0.2) is 5.16 Å². The van der Waals surface area contributed by atoms with E-state index in [1.54, 1.807) is 18.2 Å². The number of hydrogen-bond donors (Lipinski definition) is 0. The standard InChI is InChI=1S/C27H25N5O4S/c1-3-35-24-14-10-23(11-15-24)32-19(2)29-30-27(32)37-26(17-31(33)34)20-8-12-25(13-9-20)36-18-22-7-5-4-6-21(22)16-28/h4-15,26H,3,17-18H2,1-2H3/t26-/m0/s1. The number of nitro groups is 1. The summed E-state index contributed by atoms with van der Waals surface area (Å²) in [5.74, 6) is 2.04. The molecule has 0 spiro atoms. The number of nitriles is 1.